The molecule has 6 nitrogen and oxygen atoms in total. The van der Waals surface area contributed by atoms with E-state index in [1.807, 2.05) is 32.4 Å². The van der Waals surface area contributed by atoms with Crippen LogP contribution in [0.15, 0.2) is 0 Å². The number of carboxylic acids is 1. The maximum absolute atomic E-state index is 10.6. The molecule has 0 aliphatic rings. The fraction of sp³-hybridized carbons (Fsp3) is 0.727. The van der Waals surface area contributed by atoms with Crippen LogP contribution in [0, 0.1) is 6.92 Å². The van der Waals surface area contributed by atoms with Crippen molar-refractivity contribution in [2.24, 2.45) is 7.05 Å². The number of rotatable bonds is 6. The molecule has 0 spiro atoms. The van der Waals surface area contributed by atoms with Gasteiger partial charge in [0.15, 0.2) is 0 Å². The van der Waals surface area contributed by atoms with Gasteiger partial charge in [-0.2, -0.15) is 0 Å². The molecule has 0 aliphatic heterocycles. The van der Waals surface area contributed by atoms with E-state index in [1.165, 1.54) is 0 Å². The van der Waals surface area contributed by atoms with Crippen molar-refractivity contribution >= 4 is 5.97 Å². The Morgan fingerprint density at radius 1 is 1.47 bits per heavy atom. The first-order valence-electron chi connectivity index (χ1n) is 5.72. The summed E-state index contributed by atoms with van der Waals surface area (Å²) in [5.74, 6) is 0.952. The maximum atomic E-state index is 10.6. The molecule has 0 atom stereocenters. The molecular weight excluding hydrogens is 220 g/mol. The number of hydrogen-bond acceptors (Lipinski definition) is 4. The third kappa shape index (κ3) is 3.81. The smallest absolute Gasteiger partial charge is 0.304 e. The lowest BCUT2D eigenvalue weighted by Gasteiger charge is -2.25. The Kier molecular flexibility index (Phi) is 4.62. The van der Waals surface area contributed by atoms with E-state index in [-0.39, 0.29) is 12.5 Å². The van der Waals surface area contributed by atoms with Gasteiger partial charge in [-0.1, -0.05) is 0 Å². The van der Waals surface area contributed by atoms with Crippen molar-refractivity contribution in [2.75, 3.05) is 6.54 Å². The van der Waals surface area contributed by atoms with Gasteiger partial charge in [-0.25, -0.2) is 0 Å². The third-order valence-electron chi connectivity index (χ3n) is 2.87. The molecule has 0 bridgehead atoms. The normalized spacial score (nSPS) is 11.4. The Labute approximate surface area is 101 Å². The lowest BCUT2D eigenvalue weighted by molar-refractivity contribution is -0.137. The number of hydrogen-bond donors (Lipinski definition) is 1. The molecule has 1 N–H and O–H groups in total. The molecule has 1 aromatic rings. The van der Waals surface area contributed by atoms with E-state index < -0.39 is 5.97 Å². The van der Waals surface area contributed by atoms with Crippen LogP contribution in [0.25, 0.3) is 0 Å². The highest BCUT2D eigenvalue weighted by molar-refractivity contribution is 5.66. The minimum atomic E-state index is -0.773. The lowest BCUT2D eigenvalue weighted by atomic mass is 10.2. The first-order valence-corrected chi connectivity index (χ1v) is 5.72. The highest BCUT2D eigenvalue weighted by atomic mass is 16.4. The van der Waals surface area contributed by atoms with Gasteiger partial charge >= 0.3 is 5.97 Å². The minimum Gasteiger partial charge on any atom is -0.481 e. The van der Waals surface area contributed by atoms with Crippen molar-refractivity contribution in [3.05, 3.63) is 11.6 Å². The summed E-state index contributed by atoms with van der Waals surface area (Å²) in [4.78, 5) is 12.7. The van der Waals surface area contributed by atoms with Crippen LogP contribution in [-0.2, 0) is 18.4 Å². The van der Waals surface area contributed by atoms with Gasteiger partial charge in [0.25, 0.3) is 0 Å². The zero-order chi connectivity index (χ0) is 13.0. The monoisotopic (exact) mass is 240 g/mol. The number of carbonyl (C=O) groups is 1. The van der Waals surface area contributed by atoms with E-state index in [9.17, 15) is 4.79 Å². The second-order valence-corrected chi connectivity index (χ2v) is 4.43. The third-order valence-corrected chi connectivity index (χ3v) is 2.87. The van der Waals surface area contributed by atoms with Gasteiger partial charge in [0, 0.05) is 19.6 Å². The number of nitrogens with zero attached hydrogens (tertiary/aromatic N) is 4. The lowest BCUT2D eigenvalue weighted by Crippen LogP contribution is -2.33. The molecule has 0 saturated carbocycles. The van der Waals surface area contributed by atoms with E-state index in [4.69, 9.17) is 5.11 Å². The Bertz CT molecular complexity index is 387. The van der Waals surface area contributed by atoms with Crippen LogP contribution in [0.3, 0.4) is 0 Å². The van der Waals surface area contributed by atoms with E-state index in [1.54, 1.807) is 0 Å². The van der Waals surface area contributed by atoms with Crippen LogP contribution in [0.2, 0.25) is 0 Å². The molecular formula is C11H20N4O2. The van der Waals surface area contributed by atoms with Crippen LogP contribution < -0.4 is 0 Å². The summed E-state index contributed by atoms with van der Waals surface area (Å²) in [5, 5.41) is 16.8. The highest BCUT2D eigenvalue weighted by Crippen LogP contribution is 2.07. The molecule has 6 heteroatoms. The number of aromatic nitrogens is 3. The predicted octanol–water partition coefficient (Wildman–Crippen LogP) is 0.809. The van der Waals surface area contributed by atoms with E-state index in [2.05, 4.69) is 15.1 Å². The molecule has 1 rings (SSSR count). The number of aliphatic carboxylic acids is 1. The van der Waals surface area contributed by atoms with Crippen LogP contribution >= 0.6 is 0 Å². The van der Waals surface area contributed by atoms with Gasteiger partial charge in [0.05, 0.1) is 13.0 Å². The topological polar surface area (TPSA) is 71.2 Å². The SMILES string of the molecule is Cc1nnc(CN(CCC(=O)O)C(C)C)n1C. The number of carboxylic acid groups (broad SMARTS) is 1. The molecule has 0 aromatic carbocycles. The van der Waals surface area contributed by atoms with Gasteiger partial charge in [-0.05, 0) is 20.8 Å². The van der Waals surface area contributed by atoms with Gasteiger partial charge in [-0.15, -0.1) is 10.2 Å². The van der Waals surface area contributed by atoms with Gasteiger partial charge < -0.3 is 9.67 Å². The quantitative estimate of drug-likeness (QED) is 0.796. The zero-order valence-corrected chi connectivity index (χ0v) is 10.8. The summed E-state index contributed by atoms with van der Waals surface area (Å²) >= 11 is 0. The van der Waals surface area contributed by atoms with Crippen LogP contribution in [0.5, 0.6) is 0 Å². The summed E-state index contributed by atoms with van der Waals surface area (Å²) in [7, 11) is 1.92. The molecule has 0 amide bonds. The summed E-state index contributed by atoms with van der Waals surface area (Å²) < 4.78 is 1.93. The standard InChI is InChI=1S/C11H20N4O2/c1-8(2)15(6-5-11(16)17)7-10-13-12-9(3)14(10)4/h8H,5-7H2,1-4H3,(H,16,17). The summed E-state index contributed by atoms with van der Waals surface area (Å²) in [6.45, 7) is 7.14. The van der Waals surface area contributed by atoms with Gasteiger partial charge in [0.2, 0.25) is 0 Å². The first-order chi connectivity index (χ1) is 7.91. The van der Waals surface area contributed by atoms with Crippen molar-refractivity contribution in [2.45, 2.75) is 39.8 Å². The van der Waals surface area contributed by atoms with Gasteiger partial charge in [-0.3, -0.25) is 9.69 Å². The molecule has 1 heterocycles. The Balaban J connectivity index is 2.66. The van der Waals surface area contributed by atoms with Crippen LogP contribution in [0.4, 0.5) is 0 Å². The van der Waals surface area contributed by atoms with Crippen molar-refractivity contribution in [3.63, 3.8) is 0 Å². The molecule has 0 fully saturated rings. The van der Waals surface area contributed by atoms with E-state index in [0.717, 1.165) is 11.6 Å². The summed E-state index contributed by atoms with van der Waals surface area (Å²) in [5.41, 5.74) is 0. The van der Waals surface area contributed by atoms with Crippen LogP contribution in [-0.4, -0.2) is 43.3 Å². The average molecular weight is 240 g/mol. The van der Waals surface area contributed by atoms with Crippen molar-refractivity contribution < 1.29 is 9.90 Å². The van der Waals surface area contributed by atoms with Crippen molar-refractivity contribution in [3.8, 4) is 0 Å². The first kappa shape index (κ1) is 13.6. The number of aryl methyl sites for hydroxylation is 1. The summed E-state index contributed by atoms with van der Waals surface area (Å²) in [6.07, 6.45) is 0.148. The fourth-order valence-electron chi connectivity index (χ4n) is 1.53. The van der Waals surface area contributed by atoms with Gasteiger partial charge in [0.1, 0.15) is 11.6 Å². The Morgan fingerprint density at radius 3 is 2.53 bits per heavy atom. The maximum Gasteiger partial charge on any atom is 0.304 e. The molecule has 96 valence electrons. The van der Waals surface area contributed by atoms with E-state index >= 15 is 0 Å². The molecule has 0 radical (unpaired) electrons. The molecule has 0 saturated heterocycles. The molecule has 1 aromatic heterocycles. The largest absolute Gasteiger partial charge is 0.481 e. The van der Waals surface area contributed by atoms with Crippen molar-refractivity contribution in [1.29, 1.82) is 0 Å². The van der Waals surface area contributed by atoms with Crippen LogP contribution in [0.1, 0.15) is 31.9 Å². The van der Waals surface area contributed by atoms with Crippen molar-refractivity contribution in [1.82, 2.24) is 19.7 Å². The molecule has 0 aliphatic carbocycles. The molecule has 0 unspecified atom stereocenters. The fourth-order valence-corrected chi connectivity index (χ4v) is 1.53. The second-order valence-electron chi connectivity index (χ2n) is 4.43. The summed E-state index contributed by atoms with van der Waals surface area (Å²) in [6, 6.07) is 0.284. The highest BCUT2D eigenvalue weighted by Gasteiger charge is 2.15. The average Bonchev–Trinajstić information content (AvgIpc) is 2.54. The molecule has 17 heavy (non-hydrogen) atoms. The zero-order valence-electron chi connectivity index (χ0n) is 10.8. The Morgan fingerprint density at radius 2 is 2.12 bits per heavy atom. The van der Waals surface area contributed by atoms with E-state index in [0.29, 0.717) is 13.1 Å². The second kappa shape index (κ2) is 5.77. The minimum absolute atomic E-state index is 0.148. The Hall–Kier alpha value is -1.43. The predicted molar refractivity (Wildman–Crippen MR) is 63.5 cm³/mol.